The van der Waals surface area contributed by atoms with Crippen LogP contribution in [0.15, 0.2) is 36.4 Å². The minimum Gasteiger partial charge on any atom is -0.354 e. The zero-order chi connectivity index (χ0) is 24.4. The topological polar surface area (TPSA) is 93.3 Å². The van der Waals surface area contributed by atoms with Gasteiger partial charge in [-0.15, -0.1) is 0 Å². The third-order valence-corrected chi connectivity index (χ3v) is 6.94. The van der Waals surface area contributed by atoms with Crippen molar-refractivity contribution in [1.29, 1.82) is 0 Å². The Morgan fingerprint density at radius 2 is 1.86 bits per heavy atom. The van der Waals surface area contributed by atoms with Crippen LogP contribution in [0.25, 0.3) is 0 Å². The molecule has 2 aromatic heterocycles. The lowest BCUT2D eigenvalue weighted by molar-refractivity contribution is 0.0787. The first-order chi connectivity index (χ1) is 16.9. The van der Waals surface area contributed by atoms with Crippen LogP contribution < -0.4 is 10.2 Å². The summed E-state index contributed by atoms with van der Waals surface area (Å²) in [5.41, 5.74) is 1.65. The maximum atomic E-state index is 12.9. The lowest BCUT2D eigenvalue weighted by atomic mass is 10.0. The number of anilines is 3. The van der Waals surface area contributed by atoms with Crippen LogP contribution in [0, 0.1) is 12.8 Å². The number of aryl methyl sites for hydroxylation is 1. The molecule has 1 atom stereocenters. The summed E-state index contributed by atoms with van der Waals surface area (Å²) in [6.07, 6.45) is 1.66. The van der Waals surface area contributed by atoms with E-state index in [9.17, 15) is 4.79 Å². The van der Waals surface area contributed by atoms with Gasteiger partial charge in [-0.25, -0.2) is 9.97 Å². The number of carbonyl (C=O) groups excluding carboxylic acids is 1. The molecule has 1 aromatic carbocycles. The van der Waals surface area contributed by atoms with Crippen LogP contribution in [0.2, 0.25) is 5.02 Å². The highest BCUT2D eigenvalue weighted by atomic mass is 35.5. The van der Waals surface area contributed by atoms with Gasteiger partial charge in [0.05, 0.1) is 0 Å². The second-order valence-electron chi connectivity index (χ2n) is 9.50. The SMILES string of the molecule is Cc1cc(Nc2cc(N3CCN(C)CC3)nc(CC3CCN(C(=O)c4ccc(Cl)cc4)C3)n2)n[nH]1. The zero-order valence-corrected chi connectivity index (χ0v) is 20.9. The van der Waals surface area contributed by atoms with Gasteiger partial charge in [0.15, 0.2) is 5.82 Å². The predicted octanol–water partition coefficient (Wildman–Crippen LogP) is 3.36. The highest BCUT2D eigenvalue weighted by molar-refractivity contribution is 6.30. The van der Waals surface area contributed by atoms with E-state index in [1.54, 1.807) is 24.3 Å². The highest BCUT2D eigenvalue weighted by Crippen LogP contribution is 2.25. The molecule has 35 heavy (non-hydrogen) atoms. The van der Waals surface area contributed by atoms with E-state index in [4.69, 9.17) is 21.6 Å². The Balaban J connectivity index is 1.31. The third kappa shape index (κ3) is 5.74. The van der Waals surface area contributed by atoms with E-state index in [-0.39, 0.29) is 5.91 Å². The minimum absolute atomic E-state index is 0.0486. The van der Waals surface area contributed by atoms with Gasteiger partial charge in [0.2, 0.25) is 0 Å². The maximum absolute atomic E-state index is 12.9. The quantitative estimate of drug-likeness (QED) is 0.542. The van der Waals surface area contributed by atoms with Gasteiger partial charge in [0.25, 0.3) is 5.91 Å². The molecule has 2 fully saturated rings. The fraction of sp³-hybridized carbons (Fsp3) is 0.440. The molecule has 2 aliphatic rings. The molecule has 0 aliphatic carbocycles. The van der Waals surface area contributed by atoms with E-state index in [0.717, 1.165) is 74.5 Å². The molecule has 0 spiro atoms. The number of amides is 1. The fourth-order valence-corrected chi connectivity index (χ4v) is 4.79. The summed E-state index contributed by atoms with van der Waals surface area (Å²) < 4.78 is 0. The number of H-pyrrole nitrogens is 1. The molecule has 0 saturated carbocycles. The second kappa shape index (κ2) is 10.2. The van der Waals surface area contributed by atoms with E-state index in [1.807, 2.05) is 24.0 Å². The first-order valence-corrected chi connectivity index (χ1v) is 12.5. The molecule has 5 rings (SSSR count). The van der Waals surface area contributed by atoms with Gasteiger partial charge in [-0.1, -0.05) is 11.6 Å². The number of nitrogens with zero attached hydrogens (tertiary/aromatic N) is 6. The molecular weight excluding hydrogens is 464 g/mol. The van der Waals surface area contributed by atoms with Gasteiger partial charge >= 0.3 is 0 Å². The Labute approximate surface area is 210 Å². The Bertz CT molecular complexity index is 1170. The summed E-state index contributed by atoms with van der Waals surface area (Å²) in [5.74, 6) is 3.56. The van der Waals surface area contributed by atoms with Crippen LogP contribution in [0.1, 0.15) is 28.3 Å². The summed E-state index contributed by atoms with van der Waals surface area (Å²) in [6.45, 7) is 7.28. The molecule has 2 saturated heterocycles. The number of likely N-dealkylation sites (N-methyl/N-ethyl adjacent to an activating group) is 1. The number of piperazine rings is 1. The Kier molecular flexibility index (Phi) is 6.88. The monoisotopic (exact) mass is 494 g/mol. The Hall–Kier alpha value is -3.17. The molecule has 0 bridgehead atoms. The van der Waals surface area contributed by atoms with Crippen LogP contribution in [-0.2, 0) is 6.42 Å². The summed E-state index contributed by atoms with van der Waals surface area (Å²) in [6, 6.07) is 11.0. The molecule has 0 radical (unpaired) electrons. The molecule has 9 nitrogen and oxygen atoms in total. The summed E-state index contributed by atoms with van der Waals surface area (Å²) >= 11 is 5.98. The lowest BCUT2D eigenvalue weighted by Crippen LogP contribution is -2.45. The van der Waals surface area contributed by atoms with Crippen LogP contribution in [-0.4, -0.2) is 82.2 Å². The van der Waals surface area contributed by atoms with Crippen molar-refractivity contribution in [1.82, 2.24) is 30.0 Å². The van der Waals surface area contributed by atoms with Crippen molar-refractivity contribution in [3.63, 3.8) is 0 Å². The average molecular weight is 495 g/mol. The Morgan fingerprint density at radius 1 is 1.09 bits per heavy atom. The van der Waals surface area contributed by atoms with Crippen LogP contribution in [0.3, 0.4) is 0 Å². The normalized spacial score (nSPS) is 18.8. The highest BCUT2D eigenvalue weighted by Gasteiger charge is 2.28. The number of aromatic nitrogens is 4. The largest absolute Gasteiger partial charge is 0.354 e. The Morgan fingerprint density at radius 3 is 2.57 bits per heavy atom. The van der Waals surface area contributed by atoms with Gasteiger partial charge in [-0.05, 0) is 50.6 Å². The van der Waals surface area contributed by atoms with Crippen molar-refractivity contribution >= 4 is 35.0 Å². The number of aromatic amines is 1. The van der Waals surface area contributed by atoms with Gasteiger partial charge in [0.1, 0.15) is 17.5 Å². The number of hydrogen-bond acceptors (Lipinski definition) is 7. The van der Waals surface area contributed by atoms with Crippen LogP contribution in [0.4, 0.5) is 17.5 Å². The molecule has 2 N–H and O–H groups in total. The van der Waals surface area contributed by atoms with Crippen molar-refractivity contribution in [2.45, 2.75) is 19.8 Å². The van der Waals surface area contributed by atoms with E-state index in [2.05, 4.69) is 32.4 Å². The second-order valence-corrected chi connectivity index (χ2v) is 9.93. The van der Waals surface area contributed by atoms with E-state index < -0.39 is 0 Å². The summed E-state index contributed by atoms with van der Waals surface area (Å²) in [4.78, 5) is 29.2. The zero-order valence-electron chi connectivity index (χ0n) is 20.2. The van der Waals surface area contributed by atoms with Crippen molar-refractivity contribution in [2.75, 3.05) is 56.5 Å². The molecular formula is C25H31ClN8O. The average Bonchev–Trinajstić information content (AvgIpc) is 3.48. The molecule has 4 heterocycles. The number of likely N-dealkylation sites (tertiary alicyclic amines) is 1. The van der Waals surface area contributed by atoms with Crippen molar-refractivity contribution in [2.24, 2.45) is 5.92 Å². The predicted molar refractivity (Wildman–Crippen MR) is 138 cm³/mol. The first kappa shape index (κ1) is 23.6. The number of carbonyl (C=O) groups is 1. The summed E-state index contributed by atoms with van der Waals surface area (Å²) in [5, 5.41) is 11.2. The van der Waals surface area contributed by atoms with Gasteiger partial charge in [0, 0.05) is 74.1 Å². The number of benzene rings is 1. The lowest BCUT2D eigenvalue weighted by Gasteiger charge is -2.33. The van der Waals surface area contributed by atoms with E-state index in [0.29, 0.717) is 23.0 Å². The van der Waals surface area contributed by atoms with Crippen LogP contribution in [0.5, 0.6) is 0 Å². The molecule has 2 aliphatic heterocycles. The number of nitrogens with one attached hydrogen (secondary N) is 2. The first-order valence-electron chi connectivity index (χ1n) is 12.1. The smallest absolute Gasteiger partial charge is 0.253 e. The van der Waals surface area contributed by atoms with Gasteiger partial charge < -0.3 is 20.0 Å². The summed E-state index contributed by atoms with van der Waals surface area (Å²) in [7, 11) is 2.15. The van der Waals surface area contributed by atoms with Crippen molar-refractivity contribution in [3.05, 3.63) is 58.5 Å². The molecule has 10 heteroatoms. The molecule has 1 unspecified atom stereocenters. The third-order valence-electron chi connectivity index (χ3n) is 6.68. The van der Waals surface area contributed by atoms with E-state index >= 15 is 0 Å². The molecule has 184 valence electrons. The van der Waals surface area contributed by atoms with Gasteiger partial charge in [-0.2, -0.15) is 5.10 Å². The fourth-order valence-electron chi connectivity index (χ4n) is 4.67. The van der Waals surface area contributed by atoms with Gasteiger partial charge in [-0.3, -0.25) is 9.89 Å². The number of hydrogen-bond donors (Lipinski definition) is 2. The van der Waals surface area contributed by atoms with Crippen molar-refractivity contribution in [3.8, 4) is 0 Å². The minimum atomic E-state index is 0.0486. The number of rotatable bonds is 6. The molecule has 1 amide bonds. The maximum Gasteiger partial charge on any atom is 0.253 e. The van der Waals surface area contributed by atoms with Crippen molar-refractivity contribution < 1.29 is 4.79 Å². The van der Waals surface area contributed by atoms with E-state index in [1.165, 1.54) is 0 Å². The molecule has 3 aromatic rings. The number of halogens is 1. The standard InChI is InChI=1S/C25H31ClN8O/c1-17-13-23(31-30-17)28-22-15-24(33-11-9-32(2)10-12-33)29-21(27-22)14-18-7-8-34(16-18)25(35)19-3-5-20(26)6-4-19/h3-6,13,15,18H,7-12,14,16H2,1-2H3,(H2,27,28,29,30,31). The van der Waals surface area contributed by atoms with Crippen LogP contribution >= 0.6 is 11.6 Å².